The molecule has 0 radical (unpaired) electrons. The van der Waals surface area contributed by atoms with Crippen molar-refractivity contribution >= 4 is 0 Å². The first-order valence-electron chi connectivity index (χ1n) is 6.63. The third-order valence-corrected chi connectivity index (χ3v) is 5.44. The van der Waals surface area contributed by atoms with E-state index < -0.39 is 0 Å². The van der Waals surface area contributed by atoms with Gasteiger partial charge < -0.3 is 0 Å². The van der Waals surface area contributed by atoms with Gasteiger partial charge in [0.15, 0.2) is 0 Å². The molecule has 0 spiro atoms. The van der Waals surface area contributed by atoms with Crippen molar-refractivity contribution in [3.05, 3.63) is 11.6 Å². The molecule has 84 valence electrons. The van der Waals surface area contributed by atoms with Crippen LogP contribution in [0.25, 0.3) is 0 Å². The molecule has 3 aliphatic rings. The molecule has 2 saturated carbocycles. The first kappa shape index (κ1) is 9.93. The van der Waals surface area contributed by atoms with Gasteiger partial charge in [-0.05, 0) is 54.3 Å². The lowest BCUT2D eigenvalue weighted by Gasteiger charge is -2.30. The number of rotatable bonds is 0. The van der Waals surface area contributed by atoms with Crippen molar-refractivity contribution in [3.63, 3.8) is 0 Å². The molecule has 3 aliphatic carbocycles. The van der Waals surface area contributed by atoms with E-state index in [0.29, 0.717) is 10.8 Å². The Morgan fingerprint density at radius 2 is 1.87 bits per heavy atom. The van der Waals surface area contributed by atoms with E-state index in [1.54, 1.807) is 0 Å². The van der Waals surface area contributed by atoms with Gasteiger partial charge in [-0.25, -0.2) is 0 Å². The molecule has 0 bridgehead atoms. The summed E-state index contributed by atoms with van der Waals surface area (Å²) in [6.07, 6.45) is 8.32. The second-order valence-corrected chi connectivity index (χ2v) is 7.37. The minimum atomic E-state index is 0.585. The number of hydrogen-bond acceptors (Lipinski definition) is 0. The smallest absolute Gasteiger partial charge is 0.00818 e. The normalized spacial score (nSPS) is 51.5. The van der Waals surface area contributed by atoms with Crippen LogP contribution in [0.4, 0.5) is 0 Å². The fourth-order valence-electron chi connectivity index (χ4n) is 4.35. The summed E-state index contributed by atoms with van der Waals surface area (Å²) in [7, 11) is 0. The van der Waals surface area contributed by atoms with Crippen molar-refractivity contribution < 1.29 is 0 Å². The predicted octanol–water partition coefficient (Wildman–Crippen LogP) is 4.42. The minimum Gasteiger partial charge on any atom is -0.0842 e. The Hall–Kier alpha value is -0.260. The Bertz CT molecular complexity index is 323. The van der Waals surface area contributed by atoms with Crippen LogP contribution in [0.5, 0.6) is 0 Å². The molecule has 2 fully saturated rings. The van der Waals surface area contributed by atoms with Gasteiger partial charge in [-0.1, -0.05) is 39.3 Å². The zero-order valence-electron chi connectivity index (χ0n) is 10.6. The second-order valence-electron chi connectivity index (χ2n) is 7.37. The molecule has 0 aliphatic heterocycles. The van der Waals surface area contributed by atoms with Crippen LogP contribution in [0.1, 0.15) is 53.4 Å². The Balaban J connectivity index is 1.98. The van der Waals surface area contributed by atoms with E-state index in [9.17, 15) is 0 Å². The Kier molecular flexibility index (Phi) is 1.79. The lowest BCUT2D eigenvalue weighted by atomic mass is 9.75. The molecular weight excluding hydrogens is 180 g/mol. The quantitative estimate of drug-likeness (QED) is 0.513. The maximum atomic E-state index is 2.59. The summed E-state index contributed by atoms with van der Waals surface area (Å²) in [6, 6.07) is 0. The van der Waals surface area contributed by atoms with Gasteiger partial charge in [0, 0.05) is 0 Å². The van der Waals surface area contributed by atoms with Gasteiger partial charge in [-0.15, -0.1) is 0 Å². The van der Waals surface area contributed by atoms with Crippen LogP contribution >= 0.6 is 0 Å². The standard InChI is InChI=1S/C15H24/c1-10-5-6-13-12(10)9-14(2,3)7-11-8-15(11,13)4/h6,10-12H,5,7-9H2,1-4H3/t10-,11+,12+,15-/m1/s1. The first-order chi connectivity index (χ1) is 6.92. The van der Waals surface area contributed by atoms with Crippen LogP contribution in [0.3, 0.4) is 0 Å². The van der Waals surface area contributed by atoms with Crippen molar-refractivity contribution in [2.24, 2.45) is 28.6 Å². The van der Waals surface area contributed by atoms with E-state index in [2.05, 4.69) is 33.8 Å². The van der Waals surface area contributed by atoms with Gasteiger partial charge >= 0.3 is 0 Å². The SMILES string of the molecule is C[C@@H]1CC=C2[C@H]1CC(C)(C)C[C@H]1C[C@@]21C. The van der Waals surface area contributed by atoms with Crippen LogP contribution in [0.2, 0.25) is 0 Å². The van der Waals surface area contributed by atoms with Crippen LogP contribution in [0, 0.1) is 28.6 Å². The molecule has 0 aromatic heterocycles. The van der Waals surface area contributed by atoms with E-state index in [4.69, 9.17) is 0 Å². The van der Waals surface area contributed by atoms with Crippen LogP contribution < -0.4 is 0 Å². The van der Waals surface area contributed by atoms with Crippen LogP contribution in [-0.2, 0) is 0 Å². The number of hydrogen-bond donors (Lipinski definition) is 0. The summed E-state index contributed by atoms with van der Waals surface area (Å²) in [6.45, 7) is 9.95. The lowest BCUT2D eigenvalue weighted by molar-refractivity contribution is 0.237. The van der Waals surface area contributed by atoms with E-state index in [1.165, 1.54) is 25.7 Å². The number of allylic oxidation sites excluding steroid dienone is 2. The summed E-state index contributed by atoms with van der Waals surface area (Å²) in [5.41, 5.74) is 3.07. The van der Waals surface area contributed by atoms with Gasteiger partial charge in [0.2, 0.25) is 0 Å². The average Bonchev–Trinajstić information content (AvgIpc) is 2.59. The zero-order chi connectivity index (χ0) is 10.8. The number of fused-ring (bicyclic) bond motifs is 3. The van der Waals surface area contributed by atoms with Crippen molar-refractivity contribution in [1.82, 2.24) is 0 Å². The van der Waals surface area contributed by atoms with Gasteiger partial charge in [0.1, 0.15) is 0 Å². The van der Waals surface area contributed by atoms with E-state index >= 15 is 0 Å². The van der Waals surface area contributed by atoms with Gasteiger partial charge in [-0.3, -0.25) is 0 Å². The molecule has 4 atom stereocenters. The highest BCUT2D eigenvalue weighted by Crippen LogP contribution is 2.68. The molecule has 0 nitrogen and oxygen atoms in total. The first-order valence-corrected chi connectivity index (χ1v) is 6.63. The summed E-state index contributed by atoms with van der Waals surface area (Å²) >= 11 is 0. The van der Waals surface area contributed by atoms with Crippen molar-refractivity contribution in [3.8, 4) is 0 Å². The van der Waals surface area contributed by atoms with E-state index in [1.807, 2.05) is 5.57 Å². The highest BCUT2D eigenvalue weighted by molar-refractivity contribution is 5.32. The molecule has 0 aromatic carbocycles. The highest BCUT2D eigenvalue weighted by atomic mass is 14.6. The molecule has 0 heteroatoms. The summed E-state index contributed by atoms with van der Waals surface area (Å²) in [4.78, 5) is 0. The Morgan fingerprint density at radius 3 is 2.60 bits per heavy atom. The Labute approximate surface area is 94.1 Å². The maximum absolute atomic E-state index is 2.59. The summed E-state index contributed by atoms with van der Waals surface area (Å²) < 4.78 is 0. The van der Waals surface area contributed by atoms with Crippen LogP contribution in [0.15, 0.2) is 11.6 Å². The average molecular weight is 204 g/mol. The molecule has 15 heavy (non-hydrogen) atoms. The van der Waals surface area contributed by atoms with E-state index in [0.717, 1.165) is 17.8 Å². The Morgan fingerprint density at radius 1 is 1.13 bits per heavy atom. The minimum absolute atomic E-state index is 0.585. The van der Waals surface area contributed by atoms with Crippen molar-refractivity contribution in [2.45, 2.75) is 53.4 Å². The molecule has 0 saturated heterocycles. The van der Waals surface area contributed by atoms with Gasteiger partial charge in [-0.2, -0.15) is 0 Å². The predicted molar refractivity (Wildman–Crippen MR) is 64.6 cm³/mol. The molecule has 3 rings (SSSR count). The topological polar surface area (TPSA) is 0 Å². The molecular formula is C15H24. The van der Waals surface area contributed by atoms with Gasteiger partial charge in [0.05, 0.1) is 0 Å². The summed E-state index contributed by atoms with van der Waals surface area (Å²) in [5.74, 6) is 2.84. The van der Waals surface area contributed by atoms with Crippen molar-refractivity contribution in [1.29, 1.82) is 0 Å². The largest absolute Gasteiger partial charge is 0.0842 e. The monoisotopic (exact) mass is 204 g/mol. The third-order valence-electron chi connectivity index (χ3n) is 5.44. The fourth-order valence-corrected chi connectivity index (χ4v) is 4.35. The van der Waals surface area contributed by atoms with E-state index in [-0.39, 0.29) is 0 Å². The van der Waals surface area contributed by atoms with Crippen molar-refractivity contribution in [2.75, 3.05) is 0 Å². The summed E-state index contributed by atoms with van der Waals surface area (Å²) in [5, 5.41) is 0. The van der Waals surface area contributed by atoms with Gasteiger partial charge in [0.25, 0.3) is 0 Å². The fraction of sp³-hybridized carbons (Fsp3) is 0.867. The van der Waals surface area contributed by atoms with Crippen LogP contribution in [-0.4, -0.2) is 0 Å². The third kappa shape index (κ3) is 1.33. The highest BCUT2D eigenvalue weighted by Gasteiger charge is 2.58. The maximum Gasteiger partial charge on any atom is -0.00818 e. The zero-order valence-corrected chi connectivity index (χ0v) is 10.6. The lowest BCUT2D eigenvalue weighted by Crippen LogP contribution is -2.19. The molecule has 0 aromatic rings. The molecule has 0 unspecified atom stereocenters. The second kappa shape index (κ2) is 2.70. The molecule has 0 heterocycles. The molecule has 0 N–H and O–H groups in total. The molecule has 0 amide bonds.